The van der Waals surface area contributed by atoms with Gasteiger partial charge in [0.15, 0.2) is 0 Å². The van der Waals surface area contributed by atoms with Gasteiger partial charge in [0.2, 0.25) is 5.88 Å². The molecule has 1 amide bonds. The quantitative estimate of drug-likeness (QED) is 0.848. The van der Waals surface area contributed by atoms with Gasteiger partial charge in [0.1, 0.15) is 0 Å². The number of likely N-dealkylation sites (tertiary alicyclic amines) is 1. The number of ether oxygens (including phenoxy) is 1. The predicted molar refractivity (Wildman–Crippen MR) is 65.1 cm³/mol. The fraction of sp³-hybridized carbons (Fsp3) is 0.500. The summed E-state index contributed by atoms with van der Waals surface area (Å²) >= 11 is 0. The number of hydrogen-bond donors (Lipinski definition) is 1. The van der Waals surface area contributed by atoms with E-state index in [1.165, 1.54) is 4.90 Å². The Balaban J connectivity index is 1.75. The van der Waals surface area contributed by atoms with Crippen molar-refractivity contribution in [1.29, 1.82) is 0 Å². The molecule has 6 heteroatoms. The largest absolute Gasteiger partial charge is 0.481 e. The van der Waals surface area contributed by atoms with Crippen molar-refractivity contribution in [3.05, 3.63) is 18.3 Å². The molecule has 2 atom stereocenters. The zero-order chi connectivity index (χ0) is 12.7. The van der Waals surface area contributed by atoms with Crippen molar-refractivity contribution >= 4 is 11.8 Å². The van der Waals surface area contributed by atoms with Crippen LogP contribution in [0.2, 0.25) is 0 Å². The number of rotatable bonds is 2. The maximum absolute atomic E-state index is 11.0. The molecule has 1 N–H and O–H groups in total. The van der Waals surface area contributed by atoms with Crippen molar-refractivity contribution in [3.63, 3.8) is 0 Å². The van der Waals surface area contributed by atoms with E-state index in [1.807, 2.05) is 12.1 Å². The zero-order valence-corrected chi connectivity index (χ0v) is 10.1. The van der Waals surface area contributed by atoms with Gasteiger partial charge in [-0.2, -0.15) is 0 Å². The van der Waals surface area contributed by atoms with E-state index >= 15 is 0 Å². The number of aromatic nitrogens is 1. The van der Waals surface area contributed by atoms with Crippen LogP contribution in [0.1, 0.15) is 6.42 Å². The first-order valence-electron chi connectivity index (χ1n) is 5.95. The Kier molecular flexibility index (Phi) is 2.50. The van der Waals surface area contributed by atoms with Gasteiger partial charge >= 0.3 is 6.09 Å². The molecule has 2 aliphatic heterocycles. The lowest BCUT2D eigenvalue weighted by Crippen LogP contribution is -2.48. The van der Waals surface area contributed by atoms with Crippen molar-refractivity contribution in [3.8, 4) is 5.88 Å². The van der Waals surface area contributed by atoms with Crippen LogP contribution in [0.3, 0.4) is 0 Å². The van der Waals surface area contributed by atoms with Gasteiger partial charge in [-0.1, -0.05) is 0 Å². The lowest BCUT2D eigenvalue weighted by atomic mass is 10.2. The number of pyridine rings is 1. The fourth-order valence-electron chi connectivity index (χ4n) is 2.88. The number of amides is 1. The molecular weight excluding hydrogens is 234 g/mol. The Morgan fingerprint density at radius 3 is 2.78 bits per heavy atom. The second-order valence-electron chi connectivity index (χ2n) is 4.69. The van der Waals surface area contributed by atoms with Crippen LogP contribution >= 0.6 is 0 Å². The van der Waals surface area contributed by atoms with Gasteiger partial charge in [-0.25, -0.2) is 9.78 Å². The number of carbonyl (C=O) groups is 1. The summed E-state index contributed by atoms with van der Waals surface area (Å²) in [5, 5.41) is 9.04. The predicted octanol–water partition coefficient (Wildman–Crippen LogP) is 1.03. The molecule has 0 saturated carbocycles. The highest BCUT2D eigenvalue weighted by atomic mass is 16.5. The third-order valence-electron chi connectivity index (χ3n) is 3.75. The van der Waals surface area contributed by atoms with Crippen molar-refractivity contribution in [2.24, 2.45) is 0 Å². The first kappa shape index (κ1) is 11.1. The Morgan fingerprint density at radius 1 is 1.44 bits per heavy atom. The average molecular weight is 249 g/mol. The van der Waals surface area contributed by atoms with Crippen molar-refractivity contribution in [2.75, 3.05) is 25.1 Å². The number of hydrogen-bond acceptors (Lipinski definition) is 4. The number of piperazine rings is 1. The highest BCUT2D eigenvalue weighted by Crippen LogP contribution is 2.34. The topological polar surface area (TPSA) is 65.9 Å². The van der Waals surface area contributed by atoms with Crippen LogP contribution < -0.4 is 9.64 Å². The average Bonchev–Trinajstić information content (AvgIpc) is 2.98. The molecule has 96 valence electrons. The summed E-state index contributed by atoms with van der Waals surface area (Å²) in [6.07, 6.45) is 1.89. The van der Waals surface area contributed by atoms with Gasteiger partial charge < -0.3 is 19.6 Å². The monoisotopic (exact) mass is 249 g/mol. The third-order valence-corrected chi connectivity index (χ3v) is 3.75. The Hall–Kier alpha value is -1.98. The van der Waals surface area contributed by atoms with Gasteiger partial charge in [-0.05, 0) is 12.5 Å². The summed E-state index contributed by atoms with van der Waals surface area (Å²) in [4.78, 5) is 19.0. The SMILES string of the molecule is COc1ccc(N2C[C@H]3C[C@@H]2CN3C(=O)O)cn1. The standard InChI is InChI=1S/C12H15N3O3/c1-18-11-3-2-8(5-13-11)14-6-10-4-9(14)7-15(10)12(16)17/h2-3,5,9-10H,4,6-7H2,1H3,(H,16,17)/t9-,10-/m1/s1. The molecule has 3 rings (SSSR count). The number of nitrogens with zero attached hydrogens (tertiary/aromatic N) is 3. The van der Waals surface area contributed by atoms with Gasteiger partial charge in [0.05, 0.1) is 25.0 Å². The summed E-state index contributed by atoms with van der Waals surface area (Å²) in [7, 11) is 1.59. The van der Waals surface area contributed by atoms with Crippen LogP contribution in [0.5, 0.6) is 5.88 Å². The fourth-order valence-corrected chi connectivity index (χ4v) is 2.88. The molecule has 0 unspecified atom stereocenters. The Bertz CT molecular complexity index is 462. The van der Waals surface area contributed by atoms with Gasteiger partial charge in [-0.15, -0.1) is 0 Å². The lowest BCUT2D eigenvalue weighted by molar-refractivity contribution is 0.137. The van der Waals surface area contributed by atoms with Gasteiger partial charge in [-0.3, -0.25) is 0 Å². The van der Waals surface area contributed by atoms with Crippen molar-refractivity contribution < 1.29 is 14.6 Å². The molecule has 2 fully saturated rings. The molecule has 0 radical (unpaired) electrons. The van der Waals surface area contributed by atoms with Gasteiger partial charge in [0, 0.05) is 25.2 Å². The minimum Gasteiger partial charge on any atom is -0.481 e. The minimum absolute atomic E-state index is 0.120. The van der Waals surface area contributed by atoms with Crippen LogP contribution in [0.15, 0.2) is 18.3 Å². The Labute approximate surface area is 105 Å². The highest BCUT2D eigenvalue weighted by Gasteiger charge is 2.45. The summed E-state index contributed by atoms with van der Waals surface area (Å²) in [5.74, 6) is 0.593. The van der Waals surface area contributed by atoms with Crippen LogP contribution in [0.4, 0.5) is 10.5 Å². The van der Waals surface area contributed by atoms with E-state index in [-0.39, 0.29) is 12.1 Å². The molecule has 0 spiro atoms. The first-order valence-corrected chi connectivity index (χ1v) is 5.95. The lowest BCUT2D eigenvalue weighted by Gasteiger charge is -2.33. The van der Waals surface area contributed by atoms with E-state index in [9.17, 15) is 4.79 Å². The zero-order valence-electron chi connectivity index (χ0n) is 10.1. The van der Waals surface area contributed by atoms with Crippen molar-refractivity contribution in [2.45, 2.75) is 18.5 Å². The van der Waals surface area contributed by atoms with Crippen molar-refractivity contribution in [1.82, 2.24) is 9.88 Å². The van der Waals surface area contributed by atoms with E-state index in [1.54, 1.807) is 13.3 Å². The van der Waals surface area contributed by atoms with E-state index in [0.29, 0.717) is 12.4 Å². The van der Waals surface area contributed by atoms with E-state index in [0.717, 1.165) is 18.7 Å². The summed E-state index contributed by atoms with van der Waals surface area (Å²) in [6, 6.07) is 4.20. The van der Waals surface area contributed by atoms with Crippen LogP contribution in [0.25, 0.3) is 0 Å². The molecule has 2 aliphatic rings. The number of methoxy groups -OCH3 is 1. The molecule has 0 aliphatic carbocycles. The number of carboxylic acid groups (broad SMARTS) is 1. The van der Waals surface area contributed by atoms with Crippen LogP contribution in [-0.4, -0.2) is 53.4 Å². The Morgan fingerprint density at radius 2 is 2.28 bits per heavy atom. The minimum atomic E-state index is -0.810. The second kappa shape index (κ2) is 4.04. The highest BCUT2D eigenvalue weighted by molar-refractivity contribution is 5.67. The van der Waals surface area contributed by atoms with Gasteiger partial charge in [0.25, 0.3) is 0 Å². The molecule has 18 heavy (non-hydrogen) atoms. The third kappa shape index (κ3) is 1.64. The van der Waals surface area contributed by atoms with E-state index < -0.39 is 6.09 Å². The molecule has 0 aromatic carbocycles. The number of fused-ring (bicyclic) bond motifs is 2. The molecule has 1 aromatic rings. The normalized spacial score (nSPS) is 25.6. The molecule has 2 bridgehead atoms. The van der Waals surface area contributed by atoms with Crippen LogP contribution in [-0.2, 0) is 0 Å². The molecular formula is C12H15N3O3. The maximum Gasteiger partial charge on any atom is 0.407 e. The molecule has 3 heterocycles. The second-order valence-corrected chi connectivity index (χ2v) is 4.69. The molecule has 2 saturated heterocycles. The van der Waals surface area contributed by atoms with E-state index in [4.69, 9.17) is 9.84 Å². The van der Waals surface area contributed by atoms with E-state index in [2.05, 4.69) is 9.88 Å². The molecule has 6 nitrogen and oxygen atoms in total. The van der Waals surface area contributed by atoms with Crippen LogP contribution in [0, 0.1) is 0 Å². The number of anilines is 1. The summed E-state index contributed by atoms with van der Waals surface area (Å²) < 4.78 is 5.03. The molecule has 1 aromatic heterocycles. The summed E-state index contributed by atoms with van der Waals surface area (Å²) in [5.41, 5.74) is 1.04. The smallest absolute Gasteiger partial charge is 0.407 e. The first-order chi connectivity index (χ1) is 8.69. The maximum atomic E-state index is 11.0. The summed E-state index contributed by atoms with van der Waals surface area (Å²) in [6.45, 7) is 1.34.